The summed E-state index contributed by atoms with van der Waals surface area (Å²) in [7, 11) is 0. The summed E-state index contributed by atoms with van der Waals surface area (Å²) in [4.78, 5) is 0. The molecule has 1 aromatic rings. The molecule has 0 spiro atoms. The fourth-order valence-electron chi connectivity index (χ4n) is 1.53. The first-order valence-corrected chi connectivity index (χ1v) is 4.89. The summed E-state index contributed by atoms with van der Waals surface area (Å²) >= 11 is 0. The minimum Gasteiger partial charge on any atom is -0.347 e. The van der Waals surface area contributed by atoms with Crippen molar-refractivity contribution in [3.05, 3.63) is 35.9 Å². The second-order valence-electron chi connectivity index (χ2n) is 3.97. The molecule has 0 aliphatic carbocycles. The minimum atomic E-state index is -2.34. The van der Waals surface area contributed by atoms with Crippen LogP contribution in [0.2, 0.25) is 0 Å². The smallest absolute Gasteiger partial charge is 0.163 e. The Balaban J connectivity index is 2.33. The topological polar surface area (TPSA) is 18.5 Å². The van der Waals surface area contributed by atoms with E-state index in [0.29, 0.717) is 5.56 Å². The van der Waals surface area contributed by atoms with Gasteiger partial charge in [0.05, 0.1) is 9.30 Å². The zero-order valence-electron chi connectivity index (χ0n) is 10.7. The Kier molecular flexibility index (Phi) is 2.15. The summed E-state index contributed by atoms with van der Waals surface area (Å²) in [5, 5.41) is 0. The van der Waals surface area contributed by atoms with E-state index in [4.69, 9.17) is 12.2 Å². The molecule has 1 fully saturated rings. The monoisotopic (exact) mass is 212 g/mol. The molecule has 0 N–H and O–H groups in total. The van der Waals surface area contributed by atoms with Crippen molar-refractivity contribution in [1.82, 2.24) is 0 Å². The van der Waals surface area contributed by atoms with Crippen molar-refractivity contribution in [1.29, 1.82) is 0 Å². The van der Waals surface area contributed by atoms with Gasteiger partial charge in [-0.2, -0.15) is 0 Å². The van der Waals surface area contributed by atoms with Crippen molar-refractivity contribution in [2.75, 3.05) is 6.56 Å². The van der Waals surface area contributed by atoms with Crippen LogP contribution in [0, 0.1) is 0 Å². The van der Waals surface area contributed by atoms with Gasteiger partial charge < -0.3 is 9.47 Å². The fourth-order valence-corrected chi connectivity index (χ4v) is 1.53. The predicted molar refractivity (Wildman–Crippen MR) is 55.2 cm³/mol. The molecule has 0 saturated carbocycles. The lowest BCUT2D eigenvalue weighted by molar-refractivity contribution is -0.296. The van der Waals surface area contributed by atoms with Crippen LogP contribution >= 0.6 is 0 Å². The predicted octanol–water partition coefficient (Wildman–Crippen LogP) is 2.85. The first-order chi connectivity index (χ1) is 7.82. The Morgan fingerprint density at radius 1 is 1.40 bits per heavy atom. The van der Waals surface area contributed by atoms with Crippen LogP contribution in [0.4, 0.5) is 4.39 Å². The highest BCUT2D eigenvalue weighted by Gasteiger charge is 2.37. The van der Waals surface area contributed by atoms with Crippen molar-refractivity contribution >= 4 is 0 Å². The highest BCUT2D eigenvalue weighted by molar-refractivity contribution is 5.19. The number of hydrogen-bond acceptors (Lipinski definition) is 2. The standard InChI is InChI=1S/C12H15FO2/c1-12(2)14-8-10(13)11(15-12)9-6-4-3-5-7-9/h3-7,10-11H,8H2,1-2H3/t10-,11-/m1/s1/i8D2. The Hall–Kier alpha value is -0.930. The Labute approximate surface area is 91.8 Å². The average Bonchev–Trinajstić information content (AvgIpc) is 2.23. The molecular formula is C12H15FO2. The number of ether oxygens (including phenoxy) is 2. The van der Waals surface area contributed by atoms with E-state index in [1.54, 1.807) is 38.1 Å². The maximum Gasteiger partial charge on any atom is 0.163 e. The molecule has 1 heterocycles. The average molecular weight is 212 g/mol. The van der Waals surface area contributed by atoms with E-state index in [0.717, 1.165) is 0 Å². The van der Waals surface area contributed by atoms with Crippen molar-refractivity contribution in [3.63, 3.8) is 0 Å². The number of rotatable bonds is 1. The highest BCUT2D eigenvalue weighted by atomic mass is 19.1. The number of benzene rings is 1. The highest BCUT2D eigenvalue weighted by Crippen LogP contribution is 2.34. The summed E-state index contributed by atoms with van der Waals surface area (Å²) in [6, 6.07) is 8.78. The third-order valence-electron chi connectivity index (χ3n) is 2.22. The van der Waals surface area contributed by atoms with E-state index in [9.17, 15) is 4.39 Å². The third-order valence-corrected chi connectivity index (χ3v) is 2.22. The zero-order valence-corrected chi connectivity index (χ0v) is 8.74. The summed E-state index contributed by atoms with van der Waals surface area (Å²) in [5.74, 6) is -1.15. The molecule has 2 rings (SSSR count). The fraction of sp³-hybridized carbons (Fsp3) is 0.500. The zero-order chi connectivity index (χ0) is 12.7. The van der Waals surface area contributed by atoms with E-state index in [-0.39, 0.29) is 0 Å². The lowest BCUT2D eigenvalue weighted by Gasteiger charge is -2.38. The third kappa shape index (κ3) is 2.36. The van der Waals surface area contributed by atoms with E-state index >= 15 is 0 Å². The second-order valence-corrected chi connectivity index (χ2v) is 3.97. The van der Waals surface area contributed by atoms with Crippen molar-refractivity contribution < 1.29 is 16.6 Å². The van der Waals surface area contributed by atoms with Gasteiger partial charge in [0.2, 0.25) is 0 Å². The van der Waals surface area contributed by atoms with Crippen molar-refractivity contribution in [2.24, 2.45) is 0 Å². The summed E-state index contributed by atoms with van der Waals surface area (Å²) in [6.07, 6.45) is -2.80. The lowest BCUT2D eigenvalue weighted by atomic mass is 10.0. The van der Waals surface area contributed by atoms with Gasteiger partial charge in [0, 0.05) is 0 Å². The number of hydrogen-bond donors (Lipinski definition) is 0. The molecular weight excluding hydrogens is 195 g/mol. The molecule has 3 heteroatoms. The van der Waals surface area contributed by atoms with E-state index in [1.807, 2.05) is 6.07 Å². The Morgan fingerprint density at radius 2 is 2.07 bits per heavy atom. The van der Waals surface area contributed by atoms with Crippen LogP contribution in [-0.2, 0) is 9.47 Å². The Morgan fingerprint density at radius 3 is 2.73 bits per heavy atom. The van der Waals surface area contributed by atoms with Crippen molar-refractivity contribution in [2.45, 2.75) is 31.9 Å². The molecule has 82 valence electrons. The van der Waals surface area contributed by atoms with Gasteiger partial charge in [0.15, 0.2) is 12.0 Å². The lowest BCUT2D eigenvalue weighted by Crippen LogP contribution is -2.42. The normalized spacial score (nSPS) is 35.4. The van der Waals surface area contributed by atoms with E-state index < -0.39 is 24.6 Å². The molecule has 1 aromatic carbocycles. The van der Waals surface area contributed by atoms with Gasteiger partial charge in [-0.15, -0.1) is 0 Å². The molecule has 0 amide bonds. The van der Waals surface area contributed by atoms with Crippen LogP contribution in [0.3, 0.4) is 0 Å². The SMILES string of the molecule is [2H]C1([2H])OC(C)(C)O[C@H](c2ccccc2)[C@@H]1F. The molecule has 1 aliphatic rings. The van der Waals surface area contributed by atoms with Crippen LogP contribution in [-0.4, -0.2) is 18.5 Å². The molecule has 2 nitrogen and oxygen atoms in total. The second kappa shape index (κ2) is 3.91. The van der Waals surface area contributed by atoms with Crippen LogP contribution in [0.5, 0.6) is 0 Å². The van der Waals surface area contributed by atoms with Gasteiger partial charge in [0.25, 0.3) is 0 Å². The maximum absolute atomic E-state index is 14.0. The van der Waals surface area contributed by atoms with Gasteiger partial charge >= 0.3 is 0 Å². The summed E-state index contributed by atoms with van der Waals surface area (Å²) in [5.41, 5.74) is 0.611. The van der Waals surface area contributed by atoms with Gasteiger partial charge in [-0.3, -0.25) is 0 Å². The van der Waals surface area contributed by atoms with Crippen LogP contribution < -0.4 is 0 Å². The van der Waals surface area contributed by atoms with E-state index in [2.05, 4.69) is 0 Å². The first kappa shape index (κ1) is 8.25. The minimum absolute atomic E-state index is 0.611. The quantitative estimate of drug-likeness (QED) is 0.712. The summed E-state index contributed by atoms with van der Waals surface area (Å²) < 4.78 is 39.6. The van der Waals surface area contributed by atoms with Gasteiger partial charge in [-0.1, -0.05) is 30.3 Å². The molecule has 15 heavy (non-hydrogen) atoms. The molecule has 0 bridgehead atoms. The first-order valence-electron chi connectivity index (χ1n) is 5.89. The van der Waals surface area contributed by atoms with Gasteiger partial charge in [0.1, 0.15) is 6.10 Å². The van der Waals surface area contributed by atoms with Crippen LogP contribution in [0.15, 0.2) is 30.3 Å². The molecule has 0 aromatic heterocycles. The molecule has 0 unspecified atom stereocenters. The molecule has 1 saturated heterocycles. The summed E-state index contributed by atoms with van der Waals surface area (Å²) in [6.45, 7) is 0.807. The van der Waals surface area contributed by atoms with Gasteiger partial charge in [-0.25, -0.2) is 4.39 Å². The number of alkyl halides is 1. The van der Waals surface area contributed by atoms with Crippen molar-refractivity contribution in [3.8, 4) is 0 Å². The maximum atomic E-state index is 14.0. The molecule has 1 aliphatic heterocycles. The Bertz CT molecular complexity index is 395. The molecule has 2 atom stereocenters. The van der Waals surface area contributed by atoms with E-state index in [1.165, 1.54) is 0 Å². The largest absolute Gasteiger partial charge is 0.347 e. The van der Waals surface area contributed by atoms with Gasteiger partial charge in [-0.05, 0) is 19.4 Å². The van der Waals surface area contributed by atoms with Crippen LogP contribution in [0.1, 0.15) is 28.3 Å². The van der Waals surface area contributed by atoms with Crippen LogP contribution in [0.25, 0.3) is 0 Å². The molecule has 0 radical (unpaired) electrons. The number of halogens is 1.